The summed E-state index contributed by atoms with van der Waals surface area (Å²) in [6.07, 6.45) is 1.76. The van der Waals surface area contributed by atoms with Crippen molar-refractivity contribution >= 4 is 13.5 Å². The van der Waals surface area contributed by atoms with E-state index in [1.807, 2.05) is 6.07 Å². The third-order valence-electron chi connectivity index (χ3n) is 3.03. The first-order chi connectivity index (χ1) is 7.45. The molecule has 0 aromatic heterocycles. The summed E-state index contributed by atoms with van der Waals surface area (Å²) in [4.78, 5) is 12.1. The molecule has 0 aliphatic rings. The molecule has 0 amide bonds. The zero-order valence-electron chi connectivity index (χ0n) is 10.8. The summed E-state index contributed by atoms with van der Waals surface area (Å²) in [6, 6.07) is 10.4. The van der Waals surface area contributed by atoms with Gasteiger partial charge in [-0.05, 0) is 17.9 Å². The zero-order valence-corrected chi connectivity index (χ0v) is 11.8. The Balaban J connectivity index is 2.75. The minimum absolute atomic E-state index is 0.403. The van der Waals surface area contributed by atoms with Crippen LogP contribution in [-0.2, 0) is 4.79 Å². The molecule has 1 atom stereocenters. The maximum absolute atomic E-state index is 12.1. The van der Waals surface area contributed by atoms with Gasteiger partial charge in [0.05, 0.1) is 0 Å². The first-order valence-electron chi connectivity index (χ1n) is 6.03. The fourth-order valence-corrected chi connectivity index (χ4v) is 2.61. The Morgan fingerprint density at radius 2 is 1.75 bits per heavy atom. The molecule has 0 bridgehead atoms. The van der Waals surface area contributed by atoms with Crippen molar-refractivity contribution in [3.05, 3.63) is 35.9 Å². The Morgan fingerprint density at radius 3 is 2.19 bits per heavy atom. The van der Waals surface area contributed by atoms with E-state index < -0.39 is 8.07 Å². The standard InChI is InChI=1S/C14H22OSi/c1-5-12(11-14(15)16(2,3)4)13-9-7-6-8-10-13/h6-10,12H,5,11H2,1-4H3/t12-/m0/s1. The van der Waals surface area contributed by atoms with Crippen molar-refractivity contribution < 1.29 is 4.79 Å². The lowest BCUT2D eigenvalue weighted by molar-refractivity contribution is -0.113. The molecule has 0 N–H and O–H groups in total. The van der Waals surface area contributed by atoms with Gasteiger partial charge in [-0.15, -0.1) is 0 Å². The van der Waals surface area contributed by atoms with Crippen LogP contribution in [0, 0.1) is 0 Å². The molecule has 0 aliphatic carbocycles. The first-order valence-corrected chi connectivity index (χ1v) is 9.53. The average Bonchev–Trinajstić information content (AvgIpc) is 2.25. The van der Waals surface area contributed by atoms with Gasteiger partial charge in [-0.25, -0.2) is 0 Å². The van der Waals surface area contributed by atoms with E-state index in [1.165, 1.54) is 5.56 Å². The second kappa shape index (κ2) is 5.44. The highest BCUT2D eigenvalue weighted by Gasteiger charge is 2.26. The number of carbonyl (C=O) groups is 1. The summed E-state index contributed by atoms with van der Waals surface area (Å²) in [5.41, 5.74) is 1.30. The van der Waals surface area contributed by atoms with Gasteiger partial charge in [-0.1, -0.05) is 56.9 Å². The van der Waals surface area contributed by atoms with Crippen LogP contribution in [0.3, 0.4) is 0 Å². The molecular weight excluding hydrogens is 212 g/mol. The van der Waals surface area contributed by atoms with E-state index in [0.29, 0.717) is 11.3 Å². The number of carbonyl (C=O) groups excluding carboxylic acids is 1. The van der Waals surface area contributed by atoms with E-state index in [9.17, 15) is 4.79 Å². The molecule has 88 valence electrons. The molecular formula is C14H22OSi. The predicted octanol–water partition coefficient (Wildman–Crippen LogP) is 4.02. The topological polar surface area (TPSA) is 17.1 Å². The van der Waals surface area contributed by atoms with Crippen LogP contribution in [0.25, 0.3) is 0 Å². The normalized spacial score (nSPS) is 13.5. The lowest BCUT2D eigenvalue weighted by Crippen LogP contribution is -2.34. The smallest absolute Gasteiger partial charge is 0.123 e. The molecule has 2 heteroatoms. The Labute approximate surface area is 99.9 Å². The largest absolute Gasteiger partial charge is 0.305 e. The van der Waals surface area contributed by atoms with E-state index in [1.54, 1.807) is 0 Å². The summed E-state index contributed by atoms with van der Waals surface area (Å²) >= 11 is 0. The molecule has 0 saturated heterocycles. The minimum atomic E-state index is -1.61. The minimum Gasteiger partial charge on any atom is -0.305 e. The fourth-order valence-electron chi connectivity index (χ4n) is 1.75. The summed E-state index contributed by atoms with van der Waals surface area (Å²) in [7, 11) is -1.61. The van der Waals surface area contributed by atoms with Crippen LogP contribution in [-0.4, -0.2) is 13.5 Å². The van der Waals surface area contributed by atoms with Crippen LogP contribution in [0.15, 0.2) is 30.3 Å². The van der Waals surface area contributed by atoms with Gasteiger partial charge in [-0.3, -0.25) is 0 Å². The second-order valence-corrected chi connectivity index (χ2v) is 10.5. The summed E-state index contributed by atoms with van der Waals surface area (Å²) in [5.74, 6) is 0.403. The van der Waals surface area contributed by atoms with E-state index in [2.05, 4.69) is 50.8 Å². The van der Waals surface area contributed by atoms with Crippen LogP contribution in [0.4, 0.5) is 0 Å². The highest BCUT2D eigenvalue weighted by atomic mass is 28.3. The quantitative estimate of drug-likeness (QED) is 0.703. The molecule has 0 saturated carbocycles. The molecule has 0 heterocycles. The SMILES string of the molecule is CC[C@@H](CC(=O)[Si](C)(C)C)c1ccccc1. The van der Waals surface area contributed by atoms with Gasteiger partial charge < -0.3 is 4.79 Å². The Kier molecular flexibility index (Phi) is 4.48. The second-order valence-electron chi connectivity index (χ2n) is 5.39. The van der Waals surface area contributed by atoms with Crippen molar-refractivity contribution in [2.75, 3.05) is 0 Å². The van der Waals surface area contributed by atoms with Crippen molar-refractivity contribution in [3.8, 4) is 0 Å². The van der Waals surface area contributed by atoms with Crippen molar-refractivity contribution in [1.29, 1.82) is 0 Å². The van der Waals surface area contributed by atoms with Gasteiger partial charge in [0.1, 0.15) is 13.5 Å². The van der Waals surface area contributed by atoms with Gasteiger partial charge in [-0.2, -0.15) is 0 Å². The maximum Gasteiger partial charge on any atom is 0.123 e. The Bertz CT molecular complexity index is 338. The molecule has 0 spiro atoms. The monoisotopic (exact) mass is 234 g/mol. The highest BCUT2D eigenvalue weighted by molar-refractivity contribution is 7.03. The van der Waals surface area contributed by atoms with Crippen molar-refractivity contribution in [2.24, 2.45) is 0 Å². The van der Waals surface area contributed by atoms with Gasteiger partial charge in [0.2, 0.25) is 0 Å². The van der Waals surface area contributed by atoms with Crippen LogP contribution >= 0.6 is 0 Å². The Morgan fingerprint density at radius 1 is 1.19 bits per heavy atom. The van der Waals surface area contributed by atoms with Crippen LogP contribution in [0.2, 0.25) is 19.6 Å². The van der Waals surface area contributed by atoms with Crippen LogP contribution < -0.4 is 0 Å². The first kappa shape index (κ1) is 13.2. The molecule has 1 rings (SSSR count). The maximum atomic E-state index is 12.1. The third kappa shape index (κ3) is 3.60. The van der Waals surface area contributed by atoms with Gasteiger partial charge in [0.25, 0.3) is 0 Å². The molecule has 1 aromatic rings. The van der Waals surface area contributed by atoms with Gasteiger partial charge in [0, 0.05) is 6.42 Å². The number of hydrogen-bond donors (Lipinski definition) is 0. The third-order valence-corrected chi connectivity index (χ3v) is 4.91. The summed E-state index contributed by atoms with van der Waals surface area (Å²) in [6.45, 7) is 8.56. The molecule has 0 fully saturated rings. The summed E-state index contributed by atoms with van der Waals surface area (Å²) in [5, 5.41) is 0.489. The van der Waals surface area contributed by atoms with Crippen molar-refractivity contribution in [3.63, 3.8) is 0 Å². The molecule has 16 heavy (non-hydrogen) atoms. The molecule has 0 aliphatic heterocycles. The van der Waals surface area contributed by atoms with Crippen LogP contribution in [0.1, 0.15) is 31.2 Å². The van der Waals surface area contributed by atoms with Gasteiger partial charge >= 0.3 is 0 Å². The van der Waals surface area contributed by atoms with E-state index in [4.69, 9.17) is 0 Å². The van der Waals surface area contributed by atoms with Crippen molar-refractivity contribution in [1.82, 2.24) is 0 Å². The molecule has 1 aromatic carbocycles. The van der Waals surface area contributed by atoms with E-state index >= 15 is 0 Å². The molecule has 0 unspecified atom stereocenters. The lowest BCUT2D eigenvalue weighted by atomic mass is 9.94. The average molecular weight is 234 g/mol. The van der Waals surface area contributed by atoms with Crippen LogP contribution in [0.5, 0.6) is 0 Å². The predicted molar refractivity (Wildman–Crippen MR) is 72.4 cm³/mol. The van der Waals surface area contributed by atoms with E-state index in [0.717, 1.165) is 12.8 Å². The number of hydrogen-bond acceptors (Lipinski definition) is 1. The number of rotatable bonds is 5. The highest BCUT2D eigenvalue weighted by Crippen LogP contribution is 2.25. The van der Waals surface area contributed by atoms with E-state index in [-0.39, 0.29) is 0 Å². The van der Waals surface area contributed by atoms with Crippen molar-refractivity contribution in [2.45, 2.75) is 45.3 Å². The fraction of sp³-hybridized carbons (Fsp3) is 0.500. The van der Waals surface area contributed by atoms with Gasteiger partial charge in [0.15, 0.2) is 0 Å². The molecule has 1 nitrogen and oxygen atoms in total. The Hall–Kier alpha value is -0.893. The summed E-state index contributed by atoms with van der Waals surface area (Å²) < 4.78 is 0. The lowest BCUT2D eigenvalue weighted by Gasteiger charge is -2.20. The molecule has 0 radical (unpaired) electrons. The number of benzene rings is 1. The zero-order chi connectivity index (χ0) is 12.2.